The molecule has 1 amide bonds. The zero-order valence-electron chi connectivity index (χ0n) is 11.7. The fourth-order valence-corrected chi connectivity index (χ4v) is 2.16. The Morgan fingerprint density at radius 3 is 2.68 bits per heavy atom. The van der Waals surface area contributed by atoms with Gasteiger partial charge in [-0.1, -0.05) is 12.1 Å². The summed E-state index contributed by atoms with van der Waals surface area (Å²) in [6.45, 7) is 0.345. The van der Waals surface area contributed by atoms with Crippen LogP contribution in [0.5, 0.6) is 0 Å². The van der Waals surface area contributed by atoms with E-state index in [0.717, 1.165) is 11.3 Å². The van der Waals surface area contributed by atoms with Gasteiger partial charge in [-0.2, -0.15) is 0 Å². The second-order valence-electron chi connectivity index (χ2n) is 4.78. The summed E-state index contributed by atoms with van der Waals surface area (Å²) in [4.78, 5) is 16.4. The number of pyridine rings is 1. The Kier molecular flexibility index (Phi) is 3.96. The number of halogens is 1. The topological polar surface area (TPSA) is 46.9 Å². The van der Waals surface area contributed by atoms with E-state index in [1.54, 1.807) is 41.2 Å². The van der Waals surface area contributed by atoms with E-state index in [1.165, 1.54) is 12.1 Å². The zero-order chi connectivity index (χ0) is 15.4. The number of nitrogens with zero attached hydrogens (tertiary/aromatic N) is 2. The molecule has 0 radical (unpaired) electrons. The highest BCUT2D eigenvalue weighted by atomic mass is 19.1. The number of hydrogen-bond donors (Lipinski definition) is 1. The molecule has 110 valence electrons. The van der Waals surface area contributed by atoms with E-state index in [4.69, 9.17) is 0 Å². The summed E-state index contributed by atoms with van der Waals surface area (Å²) >= 11 is 0. The number of carbonyl (C=O) groups excluding carboxylic acids is 1. The Hall–Kier alpha value is -2.95. The van der Waals surface area contributed by atoms with E-state index in [9.17, 15) is 9.18 Å². The second kappa shape index (κ2) is 6.22. The van der Waals surface area contributed by atoms with Crippen molar-refractivity contribution in [2.24, 2.45) is 0 Å². The smallest absolute Gasteiger partial charge is 0.268 e. The van der Waals surface area contributed by atoms with E-state index in [2.05, 4.69) is 10.3 Å². The molecule has 1 N–H and O–H groups in total. The fraction of sp³-hybridized carbons (Fsp3) is 0.0588. The van der Waals surface area contributed by atoms with Gasteiger partial charge in [-0.25, -0.2) is 4.39 Å². The molecule has 2 aromatic heterocycles. The molecule has 3 rings (SSSR count). The zero-order valence-corrected chi connectivity index (χ0v) is 11.7. The van der Waals surface area contributed by atoms with Gasteiger partial charge in [-0.3, -0.25) is 9.78 Å². The van der Waals surface area contributed by atoms with E-state index in [-0.39, 0.29) is 11.7 Å². The van der Waals surface area contributed by atoms with Crippen LogP contribution in [0.2, 0.25) is 0 Å². The highest BCUT2D eigenvalue weighted by molar-refractivity contribution is 5.93. The number of rotatable bonds is 4. The highest BCUT2D eigenvalue weighted by Crippen LogP contribution is 2.11. The maximum atomic E-state index is 12.9. The number of benzene rings is 1. The average Bonchev–Trinajstić information content (AvgIpc) is 3.04. The molecular formula is C17H14FN3O. The Labute approximate surface area is 127 Å². The van der Waals surface area contributed by atoms with Gasteiger partial charge in [0.15, 0.2) is 0 Å². The Morgan fingerprint density at radius 2 is 1.95 bits per heavy atom. The van der Waals surface area contributed by atoms with Crippen LogP contribution in [0, 0.1) is 5.82 Å². The maximum absolute atomic E-state index is 12.9. The van der Waals surface area contributed by atoms with Crippen LogP contribution in [-0.4, -0.2) is 15.5 Å². The van der Waals surface area contributed by atoms with Crippen LogP contribution in [0.1, 0.15) is 16.1 Å². The van der Waals surface area contributed by atoms with Gasteiger partial charge in [0.25, 0.3) is 5.91 Å². The lowest BCUT2D eigenvalue weighted by Gasteiger charge is -2.09. The molecule has 5 heteroatoms. The summed E-state index contributed by atoms with van der Waals surface area (Å²) in [7, 11) is 0. The predicted octanol–water partition coefficient (Wildman–Crippen LogP) is 2.94. The third kappa shape index (κ3) is 3.03. The van der Waals surface area contributed by atoms with Crippen LogP contribution in [-0.2, 0) is 6.54 Å². The molecule has 0 fully saturated rings. The van der Waals surface area contributed by atoms with Crippen molar-refractivity contribution in [3.63, 3.8) is 0 Å². The summed E-state index contributed by atoms with van der Waals surface area (Å²) in [5.74, 6) is -0.487. The molecule has 0 unspecified atom stereocenters. The number of aromatic nitrogens is 2. The van der Waals surface area contributed by atoms with E-state index in [0.29, 0.717) is 12.2 Å². The lowest BCUT2D eigenvalue weighted by Crippen LogP contribution is -2.25. The molecule has 1 aromatic carbocycles. The minimum absolute atomic E-state index is 0.196. The molecule has 0 spiro atoms. The highest BCUT2D eigenvalue weighted by Gasteiger charge is 2.11. The van der Waals surface area contributed by atoms with Gasteiger partial charge in [0.05, 0.1) is 11.9 Å². The van der Waals surface area contributed by atoms with Gasteiger partial charge in [0.1, 0.15) is 11.5 Å². The van der Waals surface area contributed by atoms with Crippen molar-refractivity contribution in [2.75, 3.05) is 0 Å². The van der Waals surface area contributed by atoms with Gasteiger partial charge < -0.3 is 9.88 Å². The molecular weight excluding hydrogens is 281 g/mol. The average molecular weight is 295 g/mol. The van der Waals surface area contributed by atoms with Crippen molar-refractivity contribution in [3.05, 3.63) is 84.2 Å². The summed E-state index contributed by atoms with van der Waals surface area (Å²) < 4.78 is 14.6. The quantitative estimate of drug-likeness (QED) is 0.804. The van der Waals surface area contributed by atoms with Crippen molar-refractivity contribution in [3.8, 4) is 5.69 Å². The molecule has 0 aliphatic carbocycles. The minimum Gasteiger partial charge on any atom is -0.347 e. The summed E-state index contributed by atoms with van der Waals surface area (Å²) in [6, 6.07) is 13.3. The van der Waals surface area contributed by atoms with Gasteiger partial charge in [0, 0.05) is 18.9 Å². The van der Waals surface area contributed by atoms with Crippen molar-refractivity contribution in [2.45, 2.75) is 6.54 Å². The number of hydrogen-bond acceptors (Lipinski definition) is 2. The molecule has 0 saturated heterocycles. The molecule has 2 heterocycles. The first-order valence-corrected chi connectivity index (χ1v) is 6.84. The normalized spacial score (nSPS) is 10.4. The molecule has 3 aromatic rings. The first kappa shape index (κ1) is 14.0. The standard InChI is InChI=1S/C17H14FN3O/c18-14-7-5-13(6-8-14)11-20-17(22)16-4-2-10-21(16)15-3-1-9-19-12-15/h1-10,12H,11H2,(H,20,22). The van der Waals surface area contributed by atoms with Crippen molar-refractivity contribution in [1.29, 1.82) is 0 Å². The third-order valence-electron chi connectivity index (χ3n) is 3.27. The van der Waals surface area contributed by atoms with Crippen LogP contribution in [0.25, 0.3) is 5.69 Å². The first-order chi connectivity index (χ1) is 10.7. The van der Waals surface area contributed by atoms with Crippen LogP contribution >= 0.6 is 0 Å². The molecule has 0 bridgehead atoms. The number of nitrogens with one attached hydrogen (secondary N) is 1. The van der Waals surface area contributed by atoms with Gasteiger partial charge in [0.2, 0.25) is 0 Å². The molecule has 4 nitrogen and oxygen atoms in total. The molecule has 0 aliphatic rings. The van der Waals surface area contributed by atoms with E-state index >= 15 is 0 Å². The van der Waals surface area contributed by atoms with Crippen LogP contribution in [0.4, 0.5) is 4.39 Å². The van der Waals surface area contributed by atoms with Crippen molar-refractivity contribution >= 4 is 5.91 Å². The second-order valence-corrected chi connectivity index (χ2v) is 4.78. The lowest BCUT2D eigenvalue weighted by atomic mass is 10.2. The van der Waals surface area contributed by atoms with Gasteiger partial charge in [-0.05, 0) is 42.0 Å². The fourth-order valence-electron chi connectivity index (χ4n) is 2.16. The number of amides is 1. The molecule has 0 aliphatic heterocycles. The Bertz CT molecular complexity index is 766. The van der Waals surface area contributed by atoms with Crippen molar-refractivity contribution in [1.82, 2.24) is 14.9 Å². The Balaban J connectivity index is 1.73. The summed E-state index contributed by atoms with van der Waals surface area (Å²) in [6.07, 6.45) is 5.18. The molecule has 0 saturated carbocycles. The lowest BCUT2D eigenvalue weighted by molar-refractivity contribution is 0.0944. The maximum Gasteiger partial charge on any atom is 0.268 e. The van der Waals surface area contributed by atoms with Gasteiger partial charge in [-0.15, -0.1) is 0 Å². The van der Waals surface area contributed by atoms with Gasteiger partial charge >= 0.3 is 0 Å². The van der Waals surface area contributed by atoms with Crippen molar-refractivity contribution < 1.29 is 9.18 Å². The minimum atomic E-state index is -0.291. The van der Waals surface area contributed by atoms with E-state index < -0.39 is 0 Å². The largest absolute Gasteiger partial charge is 0.347 e. The molecule has 22 heavy (non-hydrogen) atoms. The van der Waals surface area contributed by atoms with E-state index in [1.807, 2.05) is 18.3 Å². The van der Waals surface area contributed by atoms with Crippen LogP contribution in [0.15, 0.2) is 67.1 Å². The Morgan fingerprint density at radius 1 is 1.14 bits per heavy atom. The third-order valence-corrected chi connectivity index (χ3v) is 3.27. The summed E-state index contributed by atoms with van der Waals surface area (Å²) in [5, 5.41) is 2.83. The van der Waals surface area contributed by atoms with Crippen LogP contribution < -0.4 is 5.32 Å². The first-order valence-electron chi connectivity index (χ1n) is 6.84. The summed E-state index contributed by atoms with van der Waals surface area (Å²) in [5.41, 5.74) is 2.18. The number of carbonyl (C=O) groups is 1. The molecule has 0 atom stereocenters. The SMILES string of the molecule is O=C(NCc1ccc(F)cc1)c1cccn1-c1cccnc1. The predicted molar refractivity (Wildman–Crippen MR) is 81.1 cm³/mol. The monoisotopic (exact) mass is 295 g/mol. The van der Waals surface area contributed by atoms with Crippen LogP contribution in [0.3, 0.4) is 0 Å².